The molecule has 2 aliphatic rings. The van der Waals surface area contributed by atoms with Gasteiger partial charge in [-0.1, -0.05) is 53.7 Å². The third-order valence-electron chi connectivity index (χ3n) is 3.39. The summed E-state index contributed by atoms with van der Waals surface area (Å²) in [5, 5.41) is 14.4. The quantitative estimate of drug-likeness (QED) is 0.756. The predicted octanol–water partition coefficient (Wildman–Crippen LogP) is 0.997. The minimum atomic E-state index is -1.27. The largest absolute Gasteiger partial charge is 0.546 e. The molecule has 2 atom stereocenters. The molecule has 0 fully saturated rings. The Labute approximate surface area is 110 Å². The summed E-state index contributed by atoms with van der Waals surface area (Å²) in [4.78, 5) is 15.2. The fraction of sp³-hybridized carbons (Fsp3) is 0.200. The van der Waals surface area contributed by atoms with Gasteiger partial charge in [-0.3, -0.25) is 0 Å². The predicted molar refractivity (Wildman–Crippen MR) is 68.4 cm³/mol. The maximum absolute atomic E-state index is 10.4. The van der Waals surface area contributed by atoms with E-state index in [0.29, 0.717) is 0 Å². The second kappa shape index (κ2) is 4.72. The van der Waals surface area contributed by atoms with E-state index in [9.17, 15) is 9.90 Å². The second-order valence-corrected chi connectivity index (χ2v) is 4.53. The molecule has 0 radical (unpaired) electrons. The zero-order chi connectivity index (χ0) is 13.2. The van der Waals surface area contributed by atoms with E-state index in [0.717, 1.165) is 11.3 Å². The molecule has 0 heterocycles. The minimum absolute atomic E-state index is 0.115. The standard InChI is InChI=1S/C15H13NO3/c17-14(18)9-19-16-15-12-7-3-1-5-10(12)11-6-2-4-8-13(11)15/h1-8,10,12H,9H2,(H,17,18)/p-1/b16-15-/t10-,12-/m0/s1. The third-order valence-corrected chi connectivity index (χ3v) is 3.39. The number of hydrogen-bond donors (Lipinski definition) is 0. The Morgan fingerprint density at radius 1 is 1.21 bits per heavy atom. The van der Waals surface area contributed by atoms with Crippen LogP contribution in [0.15, 0.2) is 53.7 Å². The number of oxime groups is 1. The van der Waals surface area contributed by atoms with Crippen LogP contribution in [0.25, 0.3) is 0 Å². The van der Waals surface area contributed by atoms with Gasteiger partial charge in [0.25, 0.3) is 0 Å². The Bertz CT molecular complexity index is 601. The Morgan fingerprint density at radius 2 is 1.95 bits per heavy atom. The van der Waals surface area contributed by atoms with Gasteiger partial charge in [0, 0.05) is 17.4 Å². The molecule has 0 saturated heterocycles. The number of nitrogens with zero attached hydrogens (tertiary/aromatic N) is 1. The maximum Gasteiger partial charge on any atom is 0.156 e. The topological polar surface area (TPSA) is 61.7 Å². The Morgan fingerprint density at radius 3 is 2.74 bits per heavy atom. The maximum atomic E-state index is 10.4. The second-order valence-electron chi connectivity index (χ2n) is 4.53. The summed E-state index contributed by atoms with van der Waals surface area (Å²) in [7, 11) is 0. The van der Waals surface area contributed by atoms with Gasteiger partial charge in [0.2, 0.25) is 0 Å². The summed E-state index contributed by atoms with van der Waals surface area (Å²) in [6, 6.07) is 7.99. The number of fused-ring (bicyclic) bond motifs is 3. The van der Waals surface area contributed by atoms with E-state index in [1.807, 2.05) is 30.4 Å². The molecular formula is C15H12NO3-. The fourth-order valence-corrected chi connectivity index (χ4v) is 2.63. The highest BCUT2D eigenvalue weighted by Gasteiger charge is 2.36. The van der Waals surface area contributed by atoms with Crippen molar-refractivity contribution >= 4 is 11.7 Å². The summed E-state index contributed by atoms with van der Waals surface area (Å²) < 4.78 is 0. The highest BCUT2D eigenvalue weighted by atomic mass is 16.6. The lowest BCUT2D eigenvalue weighted by Gasteiger charge is -2.15. The van der Waals surface area contributed by atoms with Crippen LogP contribution in [-0.2, 0) is 9.63 Å². The van der Waals surface area contributed by atoms with Gasteiger partial charge in [0.1, 0.15) is 0 Å². The molecule has 4 nitrogen and oxygen atoms in total. The molecule has 0 saturated carbocycles. The number of carboxylic acid groups (broad SMARTS) is 1. The summed E-state index contributed by atoms with van der Waals surface area (Å²) in [5.41, 5.74) is 3.00. The van der Waals surface area contributed by atoms with Gasteiger partial charge in [-0.15, -0.1) is 0 Å². The number of aliphatic carboxylic acids is 1. The summed E-state index contributed by atoms with van der Waals surface area (Å²) in [6.07, 6.45) is 8.18. The third kappa shape index (κ3) is 2.05. The van der Waals surface area contributed by atoms with Crippen molar-refractivity contribution in [1.29, 1.82) is 0 Å². The van der Waals surface area contributed by atoms with Crippen molar-refractivity contribution < 1.29 is 14.7 Å². The van der Waals surface area contributed by atoms with Gasteiger partial charge in [-0.2, -0.15) is 0 Å². The Hall–Kier alpha value is -2.36. The van der Waals surface area contributed by atoms with Crippen LogP contribution < -0.4 is 5.11 Å². The van der Waals surface area contributed by atoms with Crippen molar-refractivity contribution in [2.24, 2.45) is 11.1 Å². The number of allylic oxidation sites excluding steroid dienone is 4. The van der Waals surface area contributed by atoms with Crippen LogP contribution in [0.2, 0.25) is 0 Å². The SMILES string of the molecule is O=C([O-])CO/N=C1\c2ccccc2[C@@H]2C=CC=C[C@H]12. The molecule has 1 aromatic rings. The zero-order valence-corrected chi connectivity index (χ0v) is 10.2. The van der Waals surface area contributed by atoms with Crippen LogP contribution in [0.5, 0.6) is 0 Å². The van der Waals surface area contributed by atoms with Crippen molar-refractivity contribution in [1.82, 2.24) is 0 Å². The first-order valence-electron chi connectivity index (χ1n) is 6.11. The molecule has 0 spiro atoms. The van der Waals surface area contributed by atoms with Gasteiger partial charge in [-0.05, 0) is 5.56 Å². The first-order chi connectivity index (χ1) is 9.27. The average Bonchev–Trinajstić information content (AvgIpc) is 2.74. The molecule has 0 aliphatic heterocycles. The lowest BCUT2D eigenvalue weighted by atomic mass is 9.88. The first kappa shape index (κ1) is 11.7. The minimum Gasteiger partial charge on any atom is -0.546 e. The molecular weight excluding hydrogens is 242 g/mol. The van der Waals surface area contributed by atoms with Crippen molar-refractivity contribution in [3.63, 3.8) is 0 Å². The molecule has 0 bridgehead atoms. The first-order valence-corrected chi connectivity index (χ1v) is 6.11. The zero-order valence-electron chi connectivity index (χ0n) is 10.2. The van der Waals surface area contributed by atoms with E-state index in [1.165, 1.54) is 5.56 Å². The summed E-state index contributed by atoms with van der Waals surface area (Å²) >= 11 is 0. The number of hydrogen-bond acceptors (Lipinski definition) is 4. The summed E-state index contributed by atoms with van der Waals surface area (Å²) in [6.45, 7) is -0.525. The van der Waals surface area contributed by atoms with Gasteiger partial charge < -0.3 is 14.7 Å². The smallest absolute Gasteiger partial charge is 0.156 e. The van der Waals surface area contributed by atoms with E-state index in [1.54, 1.807) is 0 Å². The lowest BCUT2D eigenvalue weighted by molar-refractivity contribution is -0.309. The Balaban J connectivity index is 1.97. The fourth-order valence-electron chi connectivity index (χ4n) is 2.63. The number of carbonyl (C=O) groups is 1. The molecule has 1 aromatic carbocycles. The average molecular weight is 254 g/mol. The van der Waals surface area contributed by atoms with Gasteiger partial charge >= 0.3 is 0 Å². The number of benzene rings is 1. The van der Waals surface area contributed by atoms with E-state index in [2.05, 4.69) is 23.4 Å². The van der Waals surface area contributed by atoms with E-state index < -0.39 is 12.6 Å². The molecule has 0 aromatic heterocycles. The molecule has 0 amide bonds. The van der Waals surface area contributed by atoms with Crippen molar-refractivity contribution in [3.05, 3.63) is 59.7 Å². The molecule has 4 heteroatoms. The Kier molecular flexibility index (Phi) is 2.91. The lowest BCUT2D eigenvalue weighted by Crippen LogP contribution is -2.27. The van der Waals surface area contributed by atoms with Gasteiger partial charge in [0.15, 0.2) is 6.61 Å². The van der Waals surface area contributed by atoms with Crippen LogP contribution >= 0.6 is 0 Å². The van der Waals surface area contributed by atoms with Crippen LogP contribution in [-0.4, -0.2) is 18.3 Å². The van der Waals surface area contributed by atoms with E-state index in [4.69, 9.17) is 4.84 Å². The number of rotatable bonds is 3. The molecule has 3 rings (SSSR count). The van der Waals surface area contributed by atoms with Crippen LogP contribution in [0.4, 0.5) is 0 Å². The highest BCUT2D eigenvalue weighted by molar-refractivity contribution is 6.08. The van der Waals surface area contributed by atoms with E-state index in [-0.39, 0.29) is 11.8 Å². The number of carbonyl (C=O) groups excluding carboxylic acids is 1. The van der Waals surface area contributed by atoms with Crippen molar-refractivity contribution in [2.45, 2.75) is 5.92 Å². The van der Waals surface area contributed by atoms with Crippen LogP contribution in [0.3, 0.4) is 0 Å². The number of carboxylic acids is 1. The van der Waals surface area contributed by atoms with E-state index >= 15 is 0 Å². The summed E-state index contributed by atoms with van der Waals surface area (Å²) in [5.74, 6) is -0.901. The molecule has 0 unspecified atom stereocenters. The highest BCUT2D eigenvalue weighted by Crippen LogP contribution is 2.41. The monoisotopic (exact) mass is 254 g/mol. The van der Waals surface area contributed by atoms with Crippen molar-refractivity contribution in [2.75, 3.05) is 6.61 Å². The molecule has 96 valence electrons. The normalized spacial score (nSPS) is 25.2. The van der Waals surface area contributed by atoms with Gasteiger partial charge in [0.05, 0.1) is 11.7 Å². The van der Waals surface area contributed by atoms with Crippen LogP contribution in [0, 0.1) is 5.92 Å². The van der Waals surface area contributed by atoms with Crippen molar-refractivity contribution in [3.8, 4) is 0 Å². The van der Waals surface area contributed by atoms with Gasteiger partial charge in [-0.25, -0.2) is 0 Å². The molecule has 0 N–H and O–H groups in total. The molecule has 2 aliphatic carbocycles. The van der Waals surface area contributed by atoms with Crippen LogP contribution in [0.1, 0.15) is 17.0 Å². The molecule has 19 heavy (non-hydrogen) atoms.